The Kier molecular flexibility index (Phi) is 4.39. The second-order valence-electron chi connectivity index (χ2n) is 5.61. The Morgan fingerprint density at radius 3 is 2.74 bits per heavy atom. The van der Waals surface area contributed by atoms with Crippen LogP contribution in [0.1, 0.15) is 13.3 Å². The molecule has 110 valence electrons. The second kappa shape index (κ2) is 5.55. The number of carbonyl (C=O) groups excluding carboxylic acids is 1. The van der Waals surface area contributed by atoms with E-state index in [1.54, 1.807) is 0 Å². The summed E-state index contributed by atoms with van der Waals surface area (Å²) in [6, 6.07) is -0.476. The normalized spacial score (nSPS) is 37.4. The van der Waals surface area contributed by atoms with Gasteiger partial charge in [0.2, 0.25) is 5.91 Å². The molecular formula is C11H20ClN3O3S. The Labute approximate surface area is 118 Å². The molecule has 2 heterocycles. The molecule has 2 saturated heterocycles. The van der Waals surface area contributed by atoms with Gasteiger partial charge in [-0.05, 0) is 19.9 Å². The quantitative estimate of drug-likeness (QED) is 0.571. The molecule has 0 saturated carbocycles. The summed E-state index contributed by atoms with van der Waals surface area (Å²) >= 11 is 5.94. The summed E-state index contributed by atoms with van der Waals surface area (Å²) in [6.45, 7) is 4.01. The zero-order chi connectivity index (χ0) is 14.1. The maximum atomic E-state index is 11.8. The zero-order valence-electron chi connectivity index (χ0n) is 10.9. The van der Waals surface area contributed by atoms with Crippen LogP contribution in [-0.4, -0.2) is 62.4 Å². The van der Waals surface area contributed by atoms with Gasteiger partial charge in [-0.15, -0.1) is 11.6 Å². The largest absolute Gasteiger partial charge is 0.350 e. The number of hydrogen-bond acceptors (Lipinski definition) is 5. The van der Waals surface area contributed by atoms with Crippen LogP contribution in [-0.2, 0) is 14.6 Å². The number of carbonyl (C=O) groups is 1. The van der Waals surface area contributed by atoms with Gasteiger partial charge in [0.25, 0.3) is 0 Å². The fourth-order valence-corrected chi connectivity index (χ4v) is 5.01. The Hall–Kier alpha value is -0.370. The first-order chi connectivity index (χ1) is 8.80. The molecule has 3 atom stereocenters. The molecule has 0 bridgehead atoms. The molecule has 0 aromatic heterocycles. The standard InChI is InChI=1S/C11H20ClN3O3S/c1-11(2-3-13-7-11)14-4-10(16)15-9-6-19(17,18)5-8(9)12/h8-9,13-14H,2-7H2,1H3,(H,15,16). The number of halogens is 1. The van der Waals surface area contributed by atoms with E-state index < -0.39 is 21.3 Å². The van der Waals surface area contributed by atoms with Crippen molar-refractivity contribution in [1.82, 2.24) is 16.0 Å². The van der Waals surface area contributed by atoms with E-state index in [9.17, 15) is 13.2 Å². The third kappa shape index (κ3) is 4.05. The van der Waals surface area contributed by atoms with Crippen molar-refractivity contribution in [1.29, 1.82) is 0 Å². The van der Waals surface area contributed by atoms with E-state index >= 15 is 0 Å². The van der Waals surface area contributed by atoms with Crippen LogP contribution in [0.4, 0.5) is 0 Å². The highest BCUT2D eigenvalue weighted by Crippen LogP contribution is 2.18. The van der Waals surface area contributed by atoms with Crippen molar-refractivity contribution >= 4 is 27.3 Å². The van der Waals surface area contributed by atoms with Crippen molar-refractivity contribution in [3.8, 4) is 0 Å². The maximum Gasteiger partial charge on any atom is 0.234 e. The molecule has 8 heteroatoms. The molecule has 2 fully saturated rings. The summed E-state index contributed by atoms with van der Waals surface area (Å²) in [5.41, 5.74) is -0.0700. The summed E-state index contributed by atoms with van der Waals surface area (Å²) in [5, 5.41) is 8.60. The zero-order valence-corrected chi connectivity index (χ0v) is 12.5. The van der Waals surface area contributed by atoms with E-state index in [0.717, 1.165) is 19.5 Å². The summed E-state index contributed by atoms with van der Waals surface area (Å²) < 4.78 is 22.8. The molecule has 19 heavy (non-hydrogen) atoms. The average Bonchev–Trinajstić information content (AvgIpc) is 2.82. The van der Waals surface area contributed by atoms with Crippen LogP contribution in [0.3, 0.4) is 0 Å². The van der Waals surface area contributed by atoms with Crippen LogP contribution >= 0.6 is 11.6 Å². The van der Waals surface area contributed by atoms with Crippen molar-refractivity contribution in [2.45, 2.75) is 30.3 Å². The van der Waals surface area contributed by atoms with Crippen molar-refractivity contribution in [2.24, 2.45) is 0 Å². The molecule has 0 radical (unpaired) electrons. The predicted molar refractivity (Wildman–Crippen MR) is 74.1 cm³/mol. The lowest BCUT2D eigenvalue weighted by Gasteiger charge is -2.24. The van der Waals surface area contributed by atoms with E-state index in [-0.39, 0.29) is 29.5 Å². The van der Waals surface area contributed by atoms with Crippen LogP contribution < -0.4 is 16.0 Å². The van der Waals surface area contributed by atoms with Crippen molar-refractivity contribution in [3.05, 3.63) is 0 Å². The Morgan fingerprint density at radius 1 is 1.47 bits per heavy atom. The first-order valence-corrected chi connectivity index (χ1v) is 8.65. The highest BCUT2D eigenvalue weighted by molar-refractivity contribution is 7.91. The van der Waals surface area contributed by atoms with Crippen LogP contribution in [0.2, 0.25) is 0 Å². The smallest absolute Gasteiger partial charge is 0.234 e. The molecule has 0 spiro atoms. The van der Waals surface area contributed by atoms with Gasteiger partial charge in [-0.2, -0.15) is 0 Å². The predicted octanol–water partition coefficient (Wildman–Crippen LogP) is -1.15. The topological polar surface area (TPSA) is 87.3 Å². The molecule has 0 aromatic carbocycles. The van der Waals surface area contributed by atoms with E-state index in [4.69, 9.17) is 11.6 Å². The molecule has 2 aliphatic rings. The average molecular weight is 310 g/mol. The molecule has 2 aliphatic heterocycles. The minimum absolute atomic E-state index is 0.0609. The van der Waals surface area contributed by atoms with E-state index in [1.807, 2.05) is 0 Å². The summed E-state index contributed by atoms with van der Waals surface area (Å²) in [4.78, 5) is 11.8. The number of amides is 1. The van der Waals surface area contributed by atoms with Crippen LogP contribution in [0.5, 0.6) is 0 Å². The lowest BCUT2D eigenvalue weighted by Crippen LogP contribution is -2.51. The number of hydrogen-bond donors (Lipinski definition) is 3. The molecule has 0 aromatic rings. The highest BCUT2D eigenvalue weighted by Gasteiger charge is 2.37. The third-order valence-corrected chi connectivity index (χ3v) is 6.05. The van der Waals surface area contributed by atoms with E-state index in [0.29, 0.717) is 0 Å². The van der Waals surface area contributed by atoms with E-state index in [2.05, 4.69) is 22.9 Å². The summed E-state index contributed by atoms with van der Waals surface area (Å²) in [6.07, 6.45) is 0.968. The van der Waals surface area contributed by atoms with Crippen molar-refractivity contribution < 1.29 is 13.2 Å². The monoisotopic (exact) mass is 309 g/mol. The van der Waals surface area contributed by atoms with Gasteiger partial charge in [-0.25, -0.2) is 8.42 Å². The van der Waals surface area contributed by atoms with Crippen molar-refractivity contribution in [2.75, 3.05) is 31.1 Å². The minimum Gasteiger partial charge on any atom is -0.350 e. The molecule has 1 amide bonds. The van der Waals surface area contributed by atoms with Gasteiger partial charge in [0, 0.05) is 12.1 Å². The van der Waals surface area contributed by atoms with Gasteiger partial charge in [-0.3, -0.25) is 4.79 Å². The van der Waals surface area contributed by atoms with Crippen LogP contribution in [0.25, 0.3) is 0 Å². The third-order valence-electron chi connectivity index (χ3n) is 3.67. The number of nitrogens with one attached hydrogen (secondary N) is 3. The lowest BCUT2D eigenvalue weighted by molar-refractivity contribution is -0.121. The van der Waals surface area contributed by atoms with Gasteiger partial charge < -0.3 is 16.0 Å². The Balaban J connectivity index is 1.79. The fraction of sp³-hybridized carbons (Fsp3) is 0.909. The molecule has 3 N–H and O–H groups in total. The van der Waals surface area contributed by atoms with Gasteiger partial charge >= 0.3 is 0 Å². The van der Waals surface area contributed by atoms with E-state index in [1.165, 1.54) is 0 Å². The number of rotatable bonds is 4. The molecule has 6 nitrogen and oxygen atoms in total. The first kappa shape index (κ1) is 15.0. The molecule has 0 aliphatic carbocycles. The summed E-state index contributed by atoms with van der Waals surface area (Å²) in [7, 11) is -3.11. The Morgan fingerprint density at radius 2 is 2.21 bits per heavy atom. The Bertz CT molecular complexity index is 448. The molecule has 3 unspecified atom stereocenters. The molecular weight excluding hydrogens is 290 g/mol. The van der Waals surface area contributed by atoms with Gasteiger partial charge in [-0.1, -0.05) is 0 Å². The number of alkyl halides is 1. The van der Waals surface area contributed by atoms with Crippen LogP contribution in [0, 0.1) is 0 Å². The maximum absolute atomic E-state index is 11.8. The highest BCUT2D eigenvalue weighted by atomic mass is 35.5. The fourth-order valence-electron chi connectivity index (χ4n) is 2.46. The summed E-state index contributed by atoms with van der Waals surface area (Å²) in [5.74, 6) is -0.332. The van der Waals surface area contributed by atoms with Crippen LogP contribution in [0.15, 0.2) is 0 Å². The second-order valence-corrected chi connectivity index (χ2v) is 8.32. The van der Waals surface area contributed by atoms with Gasteiger partial charge in [0.05, 0.1) is 29.5 Å². The van der Waals surface area contributed by atoms with Gasteiger partial charge in [0.15, 0.2) is 9.84 Å². The van der Waals surface area contributed by atoms with Gasteiger partial charge in [0.1, 0.15) is 0 Å². The SMILES string of the molecule is CC1(NCC(=O)NC2CS(=O)(=O)CC2Cl)CCNC1. The number of sulfone groups is 1. The van der Waals surface area contributed by atoms with Crippen molar-refractivity contribution in [3.63, 3.8) is 0 Å². The lowest BCUT2D eigenvalue weighted by atomic mass is 10.0. The molecule has 2 rings (SSSR count). The minimum atomic E-state index is -3.11. The first-order valence-electron chi connectivity index (χ1n) is 6.39.